The van der Waals surface area contributed by atoms with E-state index in [1.54, 1.807) is 14.0 Å². The van der Waals surface area contributed by atoms with Gasteiger partial charge in [0, 0.05) is 47.5 Å². The number of hydrogen-bond donors (Lipinski definition) is 2. The third-order valence-corrected chi connectivity index (χ3v) is 36.8. The molecule has 29 heteroatoms. The Bertz CT molecular complexity index is 4590. The van der Waals surface area contributed by atoms with Gasteiger partial charge in [-0.2, -0.15) is 0 Å². The highest BCUT2D eigenvalue weighted by molar-refractivity contribution is 7.00. The first kappa shape index (κ1) is 97.8. The fraction of sp³-hybridized carbons (Fsp3) is 0.566. The molecular weight excluding hydrogens is 1660 g/mol. The zero-order valence-electron chi connectivity index (χ0n) is 77.2. The van der Waals surface area contributed by atoms with Gasteiger partial charge < -0.3 is 95.1 Å². The van der Waals surface area contributed by atoms with E-state index in [-0.39, 0.29) is 56.6 Å². The van der Waals surface area contributed by atoms with Crippen molar-refractivity contribution in [2.75, 3.05) is 34.0 Å². The summed E-state index contributed by atoms with van der Waals surface area (Å²) in [6, 6.07) is 68.6. The number of carbonyl (C=O) groups is 1. The molecule has 0 spiro atoms. The highest BCUT2D eigenvalue weighted by atomic mass is 28.4. The molecule has 6 saturated heterocycles. The van der Waals surface area contributed by atoms with Gasteiger partial charge in [0.2, 0.25) is 0 Å². The number of aliphatic hydroxyl groups is 1. The van der Waals surface area contributed by atoms with Crippen LogP contribution in [0.2, 0.25) is 10.1 Å². The molecule has 7 aromatic rings. The van der Waals surface area contributed by atoms with Crippen LogP contribution in [0.25, 0.3) is 20.9 Å². The van der Waals surface area contributed by atoms with Gasteiger partial charge >= 0.3 is 5.97 Å². The lowest BCUT2D eigenvalue weighted by Gasteiger charge is -2.52. The highest BCUT2D eigenvalue weighted by Crippen LogP contribution is 2.47. The lowest BCUT2D eigenvalue weighted by atomic mass is 9.86. The number of esters is 1. The maximum absolute atomic E-state index is 13.1. The molecule has 2 N–H and O–H groups in total. The summed E-state index contributed by atoms with van der Waals surface area (Å²) >= 11 is 0. The van der Waals surface area contributed by atoms with Crippen LogP contribution in [0.3, 0.4) is 0 Å². The molecule has 13 rings (SSSR count). The van der Waals surface area contributed by atoms with Crippen LogP contribution in [0, 0.1) is 35.5 Å². The van der Waals surface area contributed by atoms with Gasteiger partial charge in [-0.25, -0.2) is 0 Å². The fourth-order valence-electron chi connectivity index (χ4n) is 19.9. The minimum Gasteiger partial charge on any atom is -0.463 e. The summed E-state index contributed by atoms with van der Waals surface area (Å²) in [6.07, 6.45) is -18.9. The Labute approximate surface area is 756 Å². The van der Waals surface area contributed by atoms with Crippen molar-refractivity contribution in [2.24, 2.45) is 45.7 Å². The molecule has 6 aliphatic heterocycles. The summed E-state index contributed by atoms with van der Waals surface area (Å²) in [5, 5.41) is 27.8. The second-order valence-electron chi connectivity index (χ2n) is 37.4. The Morgan fingerprint density at radius 1 is 0.391 bits per heavy atom. The second-order valence-corrected chi connectivity index (χ2v) is 46.0. The lowest BCUT2D eigenvalue weighted by Crippen LogP contribution is -2.68. The van der Waals surface area contributed by atoms with Crippen molar-refractivity contribution in [3.05, 3.63) is 250 Å². The summed E-state index contributed by atoms with van der Waals surface area (Å²) in [5.41, 5.74) is 24.2. The molecule has 692 valence electrons. The van der Waals surface area contributed by atoms with Crippen LogP contribution >= 0.6 is 0 Å². The van der Waals surface area contributed by atoms with E-state index in [2.05, 4.69) is 147 Å². The molecule has 0 amide bonds. The van der Waals surface area contributed by atoms with Crippen molar-refractivity contribution < 1.29 is 94.5 Å². The quantitative estimate of drug-likeness (QED) is 0.0123. The average Bonchev–Trinajstić information content (AvgIpc) is 0.743. The van der Waals surface area contributed by atoms with Gasteiger partial charge in [0.05, 0.1) is 106 Å². The van der Waals surface area contributed by atoms with Crippen LogP contribution in [0.1, 0.15) is 127 Å². The average molecular weight is 1800 g/mol. The van der Waals surface area contributed by atoms with Crippen LogP contribution in [-0.4, -0.2) is 209 Å². The number of methoxy groups -OCH3 is 1. The fourth-order valence-corrected chi connectivity index (χ4v) is 29.0. The number of benzene rings is 7. The second kappa shape index (κ2) is 44.2. The molecule has 128 heavy (non-hydrogen) atoms. The number of carbonyl (C=O) groups excluding carboxylic acids is 1. The van der Waals surface area contributed by atoms with Crippen LogP contribution in [0.4, 0.5) is 0 Å². The van der Waals surface area contributed by atoms with Crippen LogP contribution in [0.5, 0.6) is 0 Å². The first-order valence-electron chi connectivity index (χ1n) is 45.3. The molecule has 7 aromatic carbocycles. The molecule has 0 aliphatic carbocycles. The number of nitrogens with one attached hydrogen (secondary N) is 1. The Kier molecular flexibility index (Phi) is 33.8. The van der Waals surface area contributed by atoms with Gasteiger partial charge in [-0.1, -0.05) is 306 Å². The van der Waals surface area contributed by atoms with Crippen molar-refractivity contribution >= 4 is 43.4 Å². The number of ether oxygens (including phenoxy) is 16. The monoisotopic (exact) mass is 1800 g/mol. The third-order valence-electron chi connectivity index (χ3n) is 26.8. The summed E-state index contributed by atoms with van der Waals surface area (Å²) in [6.45, 7) is 32.5. The van der Waals surface area contributed by atoms with E-state index in [4.69, 9.17) is 84.6 Å². The molecule has 12 unspecified atom stereocenters. The van der Waals surface area contributed by atoms with Crippen molar-refractivity contribution in [3.8, 4) is 0 Å². The summed E-state index contributed by atoms with van der Waals surface area (Å²) in [7, 11) is -2.89. The Morgan fingerprint density at radius 3 is 1.01 bits per heavy atom. The molecule has 6 aliphatic rings. The largest absolute Gasteiger partial charge is 0.463 e. The zero-order valence-corrected chi connectivity index (χ0v) is 79.2. The van der Waals surface area contributed by atoms with Crippen molar-refractivity contribution in [1.29, 1.82) is 0 Å². The smallest absolute Gasteiger partial charge is 0.302 e. The van der Waals surface area contributed by atoms with Crippen molar-refractivity contribution in [2.45, 2.75) is 288 Å². The lowest BCUT2D eigenvalue weighted by molar-refractivity contribution is -0.370. The summed E-state index contributed by atoms with van der Waals surface area (Å²) < 4.78 is 127. The number of likely N-dealkylation sites (N-methyl/N-ethyl adjacent to an activating group) is 1. The van der Waals surface area contributed by atoms with Crippen LogP contribution in [-0.2, 0) is 109 Å². The standard InChI is InChI=1S/C99H133N7O20Si2/c1-60-80(102-17)95(109-18)119-78(58-114-127(98(11,12)13,73-46-32-22-33-47-73)74-48-34-23-35-49-74)84(60)122-93-64(5)88(112-55-71-42-28-20-29-43-71)90(67(8)117-93)125-96-81(103-105-100)61(2)85(77(120-96)57-110-69(10)107)123-94-65(6)89(113-56-72-44-30-21-31-45-72)91(68(9)118-94)126-97-82(104-106-101)62(3)86(124-92-63(4)87(83(108)66(7)116-92)111-54-70-40-26-19-27-41-70)79(121-97)59-115-128(99(14,15)16,75-50-36-24-37-51-75)76-52-38-25-39-53-76/h19-53,60-68,77-97,102,108H,54-59H2,1-18H3/t60-,61-,62-,63?,64?,65?,66?,67?,68?,77?,78?,79?,80?,81?,82?,83-,84+,85+,86+,87+,88+,89+,90-,91-,92+,93+,94+,95+,96-,97-/m1/s1. The Hall–Kier alpha value is -7.70. The number of hydrogen-bond acceptors (Lipinski definition) is 23. The molecule has 0 aromatic heterocycles. The van der Waals surface area contributed by atoms with E-state index in [1.807, 2.05) is 195 Å². The molecule has 6 heterocycles. The maximum atomic E-state index is 13.1. The van der Waals surface area contributed by atoms with Gasteiger partial charge in [0.1, 0.15) is 43.2 Å². The number of nitrogens with zero attached hydrogens (tertiary/aromatic N) is 6. The predicted molar refractivity (Wildman–Crippen MR) is 489 cm³/mol. The van der Waals surface area contributed by atoms with Gasteiger partial charge in [-0.3, -0.25) is 4.79 Å². The first-order chi connectivity index (χ1) is 61.5. The third kappa shape index (κ3) is 22.0. The summed E-state index contributed by atoms with van der Waals surface area (Å²) in [5.74, 6) is -3.94. The highest BCUT2D eigenvalue weighted by Gasteiger charge is 2.60. The molecule has 0 bridgehead atoms. The van der Waals surface area contributed by atoms with Gasteiger partial charge in [0.25, 0.3) is 16.6 Å². The molecule has 27 nitrogen and oxygen atoms in total. The first-order valence-corrected chi connectivity index (χ1v) is 49.1. The Morgan fingerprint density at radius 2 is 0.688 bits per heavy atom. The predicted octanol–water partition coefficient (Wildman–Crippen LogP) is 14.6. The van der Waals surface area contributed by atoms with Crippen molar-refractivity contribution in [3.63, 3.8) is 0 Å². The van der Waals surface area contributed by atoms with Gasteiger partial charge in [-0.15, -0.1) is 0 Å². The maximum Gasteiger partial charge on any atom is 0.302 e. The van der Waals surface area contributed by atoms with E-state index in [9.17, 15) is 21.0 Å². The van der Waals surface area contributed by atoms with E-state index < -0.39 is 199 Å². The van der Waals surface area contributed by atoms with E-state index in [0.29, 0.717) is 0 Å². The van der Waals surface area contributed by atoms with E-state index in [1.165, 1.54) is 6.92 Å². The van der Waals surface area contributed by atoms with Crippen LogP contribution < -0.4 is 26.1 Å². The molecular formula is C99H133N7O20Si2. The van der Waals surface area contributed by atoms with Gasteiger partial charge in [0.15, 0.2) is 37.7 Å². The molecule has 30 atom stereocenters. The minimum atomic E-state index is -3.31. The topological polar surface area (TPSA) is 313 Å². The zero-order chi connectivity index (χ0) is 91.2. The van der Waals surface area contributed by atoms with Crippen molar-refractivity contribution in [1.82, 2.24) is 5.32 Å². The SMILES string of the molecule is CNC1[C@@H](OC)OC(CO[Si](c2ccccc2)(c2ccccc2)C(C)(C)C)[C@@H](O[C@@H]2OC(C)[C@@H](O[C@H]3OC(COC(C)=O)[C@@H](O[C@@H]4OC(C)[C@@H](O[C@H]5OC(CO[Si](c6ccccc6)(c6ccccc6)C(C)(C)C)[C@@H](O[C@@H]6OC(C)[C@@H](O)[C@@H](OCc7ccccc7)C6C)[C@H](C)C5N=[N+]=[N-])[C@@H](OCc5ccccc5)C4C)[C@H](C)C3N=[N+]=[N-])[C@@H](OCc3ccccc3)C2C)[C@@H]1C. The van der Waals surface area contributed by atoms with Crippen LogP contribution in [0.15, 0.2) is 223 Å². The van der Waals surface area contributed by atoms with E-state index >= 15 is 0 Å². The number of azide groups is 2. The number of aliphatic hydroxyl groups excluding tert-OH is 1. The Balaban J connectivity index is 0.787. The molecule has 0 saturated carbocycles. The van der Waals surface area contributed by atoms with E-state index in [0.717, 1.165) is 37.4 Å². The van der Waals surface area contributed by atoms with Gasteiger partial charge in [-0.05, 0) is 98.2 Å². The molecule has 6 fully saturated rings. The minimum absolute atomic E-state index is 0.0215. The summed E-state index contributed by atoms with van der Waals surface area (Å²) in [4.78, 5) is 20.0. The number of rotatable bonds is 35. The molecule has 0 radical (unpaired) electrons. The normalized spacial score (nSPS) is 33.7.